The topological polar surface area (TPSA) is 50.4 Å². The smallest absolute Gasteiger partial charge is 0.216 e. The van der Waals surface area contributed by atoms with Crippen molar-refractivity contribution in [1.82, 2.24) is 14.6 Å². The van der Waals surface area contributed by atoms with Crippen molar-refractivity contribution in [3.8, 4) is 28.4 Å². The number of hydrogen-bond donors (Lipinski definition) is 1. The van der Waals surface area contributed by atoms with Crippen LogP contribution in [0.4, 0.5) is 0 Å². The van der Waals surface area contributed by atoms with Gasteiger partial charge in [0.25, 0.3) is 0 Å². The Labute approximate surface area is 175 Å². The summed E-state index contributed by atoms with van der Waals surface area (Å²) in [4.78, 5) is 0.863. The van der Waals surface area contributed by atoms with E-state index in [1.54, 1.807) is 11.3 Å². The van der Waals surface area contributed by atoms with Gasteiger partial charge in [-0.15, -0.1) is 21.5 Å². The number of aromatic nitrogens is 3. The number of benzene rings is 2. The molecule has 2 aromatic heterocycles. The van der Waals surface area contributed by atoms with Gasteiger partial charge in [-0.3, -0.25) is 4.40 Å². The Morgan fingerprint density at radius 3 is 1.97 bits per heavy atom. The van der Waals surface area contributed by atoms with Crippen LogP contribution < -0.4 is 0 Å². The molecular weight excluding hydrogens is 378 g/mol. The predicted octanol–water partition coefficient (Wildman–Crippen LogP) is 6.43. The van der Waals surface area contributed by atoms with E-state index in [9.17, 15) is 5.11 Å². The Morgan fingerprint density at radius 1 is 0.828 bits per heavy atom. The molecule has 0 amide bonds. The Balaban J connectivity index is 2.01. The van der Waals surface area contributed by atoms with Gasteiger partial charge in [-0.1, -0.05) is 71.9 Å². The average Bonchev–Trinajstić information content (AvgIpc) is 3.23. The van der Waals surface area contributed by atoms with Gasteiger partial charge in [0.2, 0.25) is 4.96 Å². The van der Waals surface area contributed by atoms with E-state index in [4.69, 9.17) is 0 Å². The molecule has 0 spiro atoms. The lowest BCUT2D eigenvalue weighted by Crippen LogP contribution is -2.17. The quantitative estimate of drug-likeness (QED) is 0.418. The minimum absolute atomic E-state index is 0.176. The molecule has 0 atom stereocenters. The monoisotopic (exact) mass is 405 g/mol. The van der Waals surface area contributed by atoms with Crippen LogP contribution in [0.5, 0.6) is 5.75 Å². The van der Waals surface area contributed by atoms with Crippen LogP contribution in [0.25, 0.3) is 27.6 Å². The molecule has 0 unspecified atom stereocenters. The van der Waals surface area contributed by atoms with Crippen molar-refractivity contribution in [1.29, 1.82) is 0 Å². The molecule has 0 aliphatic heterocycles. The molecule has 0 aliphatic rings. The summed E-state index contributed by atoms with van der Waals surface area (Å²) in [6, 6.07) is 14.4. The second kappa shape index (κ2) is 6.70. The van der Waals surface area contributed by atoms with Gasteiger partial charge in [0.1, 0.15) is 5.75 Å². The first kappa shape index (κ1) is 19.6. The fourth-order valence-corrected chi connectivity index (χ4v) is 4.46. The zero-order chi connectivity index (χ0) is 21.0. The maximum absolute atomic E-state index is 11.1. The van der Waals surface area contributed by atoms with Crippen molar-refractivity contribution in [2.75, 3.05) is 0 Å². The van der Waals surface area contributed by atoms with Crippen molar-refractivity contribution in [2.24, 2.45) is 0 Å². The summed E-state index contributed by atoms with van der Waals surface area (Å²) in [7, 11) is 0. The summed E-state index contributed by atoms with van der Waals surface area (Å²) >= 11 is 1.58. The number of rotatable bonds is 2. The first-order valence-electron chi connectivity index (χ1n) is 9.84. The molecule has 4 nitrogen and oxygen atoms in total. The highest BCUT2D eigenvalue weighted by Crippen LogP contribution is 2.43. The molecule has 0 fully saturated rings. The molecule has 0 saturated carbocycles. The number of nitrogens with zero attached hydrogens (tertiary/aromatic N) is 3. The Hall–Kier alpha value is -2.66. The van der Waals surface area contributed by atoms with Crippen molar-refractivity contribution < 1.29 is 5.11 Å². The zero-order valence-electron chi connectivity index (χ0n) is 17.8. The molecule has 2 heterocycles. The lowest BCUT2D eigenvalue weighted by molar-refractivity contribution is 0.423. The molecule has 4 rings (SSSR count). The summed E-state index contributed by atoms with van der Waals surface area (Å²) < 4.78 is 2.12. The molecule has 0 aliphatic carbocycles. The second-order valence-corrected chi connectivity index (χ2v) is 10.4. The van der Waals surface area contributed by atoms with Gasteiger partial charge in [0.05, 0.1) is 5.69 Å². The van der Waals surface area contributed by atoms with Gasteiger partial charge < -0.3 is 5.11 Å². The van der Waals surface area contributed by atoms with E-state index in [0.29, 0.717) is 5.75 Å². The maximum atomic E-state index is 11.1. The van der Waals surface area contributed by atoms with Crippen molar-refractivity contribution in [3.05, 3.63) is 59.0 Å². The van der Waals surface area contributed by atoms with Crippen molar-refractivity contribution in [2.45, 2.75) is 52.4 Å². The third-order valence-electron chi connectivity index (χ3n) is 5.20. The molecule has 5 heteroatoms. The van der Waals surface area contributed by atoms with Gasteiger partial charge >= 0.3 is 0 Å². The standard InChI is InChI=1S/C24H27N3OS/c1-23(2,3)17-12-16(13-18(20(17)28)24(4,5)6)19-14-29-22-26-25-21(27(19)22)15-10-8-7-9-11-15/h7-14,28H,1-6H3. The molecule has 150 valence electrons. The van der Waals surface area contributed by atoms with Crippen molar-refractivity contribution >= 4 is 16.3 Å². The van der Waals surface area contributed by atoms with E-state index in [-0.39, 0.29) is 10.8 Å². The lowest BCUT2D eigenvalue weighted by atomic mass is 9.78. The predicted molar refractivity (Wildman–Crippen MR) is 121 cm³/mol. The molecule has 4 aromatic rings. The van der Waals surface area contributed by atoms with Crippen LogP contribution in [0.15, 0.2) is 47.8 Å². The summed E-state index contributed by atoms with van der Waals surface area (Å²) in [5.41, 5.74) is 4.70. The first-order chi connectivity index (χ1) is 13.6. The molecular formula is C24H27N3OS. The minimum atomic E-state index is -0.176. The van der Waals surface area contributed by atoms with Gasteiger partial charge in [0.15, 0.2) is 5.82 Å². The van der Waals surface area contributed by atoms with E-state index in [2.05, 4.69) is 85.8 Å². The van der Waals surface area contributed by atoms with Gasteiger partial charge in [0, 0.05) is 27.6 Å². The highest BCUT2D eigenvalue weighted by atomic mass is 32.1. The van der Waals surface area contributed by atoms with Gasteiger partial charge in [-0.05, 0) is 23.0 Å². The van der Waals surface area contributed by atoms with E-state index in [1.165, 1.54) is 0 Å². The van der Waals surface area contributed by atoms with Crippen LogP contribution in [0, 0.1) is 0 Å². The second-order valence-electron chi connectivity index (χ2n) is 9.55. The summed E-state index contributed by atoms with van der Waals surface area (Å²) in [6.45, 7) is 12.8. The maximum Gasteiger partial charge on any atom is 0.216 e. The molecule has 0 radical (unpaired) electrons. The highest BCUT2D eigenvalue weighted by molar-refractivity contribution is 7.15. The number of phenols is 1. The molecule has 2 aromatic carbocycles. The average molecular weight is 406 g/mol. The largest absolute Gasteiger partial charge is 0.507 e. The van der Waals surface area contributed by atoms with E-state index in [1.807, 2.05) is 18.2 Å². The Bertz CT molecular complexity index is 1140. The van der Waals surface area contributed by atoms with Crippen molar-refractivity contribution in [3.63, 3.8) is 0 Å². The Kier molecular flexibility index (Phi) is 4.54. The number of fused-ring (bicyclic) bond motifs is 1. The van der Waals surface area contributed by atoms with E-state index >= 15 is 0 Å². The van der Waals surface area contributed by atoms with E-state index < -0.39 is 0 Å². The van der Waals surface area contributed by atoms with Crippen LogP contribution in [-0.4, -0.2) is 19.7 Å². The van der Waals surface area contributed by atoms with Crippen LogP contribution in [0.1, 0.15) is 52.7 Å². The normalized spacial score (nSPS) is 12.6. The fraction of sp³-hybridized carbons (Fsp3) is 0.333. The number of aromatic hydroxyl groups is 1. The Morgan fingerprint density at radius 2 is 1.41 bits per heavy atom. The SMILES string of the molecule is CC(C)(C)c1cc(-c2csc3nnc(-c4ccccc4)n23)cc(C(C)(C)C)c1O. The van der Waals surface area contributed by atoms with Crippen LogP contribution >= 0.6 is 11.3 Å². The molecule has 0 bridgehead atoms. The van der Waals surface area contributed by atoms with Crippen LogP contribution in [-0.2, 0) is 10.8 Å². The van der Waals surface area contributed by atoms with E-state index in [0.717, 1.165) is 38.7 Å². The van der Waals surface area contributed by atoms with Gasteiger partial charge in [-0.2, -0.15) is 0 Å². The third-order valence-corrected chi connectivity index (χ3v) is 6.02. The molecule has 0 saturated heterocycles. The zero-order valence-corrected chi connectivity index (χ0v) is 18.6. The minimum Gasteiger partial charge on any atom is -0.507 e. The van der Waals surface area contributed by atoms with Gasteiger partial charge in [-0.25, -0.2) is 0 Å². The summed E-state index contributed by atoms with van der Waals surface area (Å²) in [6.07, 6.45) is 0. The number of phenolic OH excluding ortho intramolecular Hbond substituents is 1. The first-order valence-corrected chi connectivity index (χ1v) is 10.7. The molecule has 29 heavy (non-hydrogen) atoms. The summed E-state index contributed by atoms with van der Waals surface area (Å²) in [5, 5.41) is 22.0. The fourth-order valence-electron chi connectivity index (χ4n) is 3.62. The third kappa shape index (κ3) is 3.44. The lowest BCUT2D eigenvalue weighted by Gasteiger charge is -2.28. The van der Waals surface area contributed by atoms with Crippen LogP contribution in [0.3, 0.4) is 0 Å². The number of thiazole rings is 1. The summed E-state index contributed by atoms with van der Waals surface area (Å²) in [5.74, 6) is 1.23. The molecule has 1 N–H and O–H groups in total. The van der Waals surface area contributed by atoms with Crippen LogP contribution in [0.2, 0.25) is 0 Å². The number of hydrogen-bond acceptors (Lipinski definition) is 4. The highest BCUT2D eigenvalue weighted by Gasteiger charge is 2.27.